The number of amides is 1. The monoisotopic (exact) mass is 345 g/mol. The van der Waals surface area contributed by atoms with Gasteiger partial charge in [-0.15, -0.1) is 0 Å². The summed E-state index contributed by atoms with van der Waals surface area (Å²) in [7, 11) is 1.53. The fourth-order valence-electron chi connectivity index (χ4n) is 1.56. The zero-order valence-corrected chi connectivity index (χ0v) is 13.1. The second kappa shape index (κ2) is 9.74. The van der Waals surface area contributed by atoms with Gasteiger partial charge in [-0.05, 0) is 24.6 Å². The number of halogens is 1. The Kier molecular flexibility index (Phi) is 8.25. The summed E-state index contributed by atoms with van der Waals surface area (Å²) in [6.07, 6.45) is 0.220. The first-order valence-electron chi connectivity index (χ1n) is 6.44. The maximum absolute atomic E-state index is 11.5. The number of carbonyl (C=O) groups is 1. The number of methoxy groups -OCH3 is 1. The molecule has 0 radical (unpaired) electrons. The lowest BCUT2D eigenvalue weighted by Crippen LogP contribution is -2.29. The van der Waals surface area contributed by atoms with E-state index in [0.29, 0.717) is 19.6 Å². The van der Waals surface area contributed by atoms with Crippen LogP contribution in [0.25, 0.3) is 0 Å². The molecule has 20 heavy (non-hydrogen) atoms. The van der Waals surface area contributed by atoms with Gasteiger partial charge in [-0.3, -0.25) is 4.79 Å². The zero-order chi connectivity index (χ0) is 14.8. The normalized spacial score (nSPS) is 11.9. The summed E-state index contributed by atoms with van der Waals surface area (Å²) < 4.78 is 11.2. The topological polar surface area (TPSA) is 67.8 Å². The Balaban J connectivity index is 2.11. The van der Waals surface area contributed by atoms with Crippen LogP contribution in [-0.2, 0) is 9.53 Å². The van der Waals surface area contributed by atoms with E-state index < -0.39 is 6.10 Å². The van der Waals surface area contributed by atoms with E-state index in [4.69, 9.17) is 9.47 Å². The van der Waals surface area contributed by atoms with Crippen molar-refractivity contribution in [3.63, 3.8) is 0 Å². The molecule has 0 aliphatic rings. The minimum absolute atomic E-state index is 0.0930. The number of nitrogens with one attached hydrogen (secondary N) is 1. The van der Waals surface area contributed by atoms with Crippen LogP contribution in [0.1, 0.15) is 12.8 Å². The number of ether oxygens (including phenoxy) is 2. The first kappa shape index (κ1) is 16.9. The minimum Gasteiger partial charge on any atom is -0.493 e. The molecule has 0 saturated heterocycles. The van der Waals surface area contributed by atoms with Crippen molar-refractivity contribution in [2.45, 2.75) is 18.9 Å². The first-order chi connectivity index (χ1) is 9.61. The number of hydrogen-bond acceptors (Lipinski definition) is 4. The lowest BCUT2D eigenvalue weighted by Gasteiger charge is -2.10. The largest absolute Gasteiger partial charge is 0.493 e. The number of benzene rings is 1. The van der Waals surface area contributed by atoms with Crippen LogP contribution in [0, 0.1) is 0 Å². The highest BCUT2D eigenvalue weighted by Gasteiger charge is 2.05. The Hall–Kier alpha value is -1.11. The second-order valence-electron chi connectivity index (χ2n) is 4.30. The number of carbonyl (C=O) groups excluding carboxylic acids is 1. The maximum atomic E-state index is 11.5. The molecule has 0 saturated carbocycles. The highest BCUT2D eigenvalue weighted by atomic mass is 79.9. The predicted octanol–water partition coefficient (Wildman–Crippen LogP) is 1.73. The lowest BCUT2D eigenvalue weighted by atomic mass is 10.2. The average Bonchev–Trinajstić information content (AvgIpc) is 2.39. The van der Waals surface area contributed by atoms with Gasteiger partial charge in [0, 0.05) is 18.1 Å². The third kappa shape index (κ3) is 7.47. The van der Waals surface area contributed by atoms with E-state index in [0.717, 1.165) is 10.2 Å². The molecule has 6 heteroatoms. The Morgan fingerprint density at radius 2 is 2.30 bits per heavy atom. The third-order valence-electron chi connectivity index (χ3n) is 2.55. The molecule has 1 aromatic carbocycles. The highest BCUT2D eigenvalue weighted by Crippen LogP contribution is 2.17. The van der Waals surface area contributed by atoms with Gasteiger partial charge in [0.25, 0.3) is 0 Å². The van der Waals surface area contributed by atoms with Crippen LogP contribution in [0.5, 0.6) is 5.75 Å². The van der Waals surface area contributed by atoms with Crippen molar-refractivity contribution in [1.82, 2.24) is 5.32 Å². The minimum atomic E-state index is -0.543. The zero-order valence-electron chi connectivity index (χ0n) is 11.5. The van der Waals surface area contributed by atoms with Gasteiger partial charge in [-0.2, -0.15) is 0 Å². The quantitative estimate of drug-likeness (QED) is 0.715. The van der Waals surface area contributed by atoms with Crippen molar-refractivity contribution in [1.29, 1.82) is 0 Å². The van der Waals surface area contributed by atoms with Crippen molar-refractivity contribution >= 4 is 21.8 Å². The number of aliphatic hydroxyl groups excluding tert-OH is 1. The van der Waals surface area contributed by atoms with Crippen LogP contribution < -0.4 is 10.1 Å². The fourth-order valence-corrected chi connectivity index (χ4v) is 1.94. The van der Waals surface area contributed by atoms with Gasteiger partial charge in [-0.25, -0.2) is 0 Å². The molecule has 0 bridgehead atoms. The maximum Gasteiger partial charge on any atom is 0.223 e. The molecule has 1 unspecified atom stereocenters. The third-order valence-corrected chi connectivity index (χ3v) is 3.05. The van der Waals surface area contributed by atoms with Crippen LogP contribution in [0.3, 0.4) is 0 Å². The summed E-state index contributed by atoms with van der Waals surface area (Å²) in [6.45, 7) is 1.03. The van der Waals surface area contributed by atoms with Crippen LogP contribution in [-0.4, -0.2) is 44.0 Å². The Labute approximate surface area is 127 Å². The van der Waals surface area contributed by atoms with Gasteiger partial charge in [0.05, 0.1) is 25.7 Å². The van der Waals surface area contributed by atoms with Crippen LogP contribution >= 0.6 is 15.9 Å². The van der Waals surface area contributed by atoms with Gasteiger partial charge in [0.1, 0.15) is 5.75 Å². The van der Waals surface area contributed by atoms with Crippen molar-refractivity contribution in [2.24, 2.45) is 0 Å². The van der Waals surface area contributed by atoms with Gasteiger partial charge >= 0.3 is 0 Å². The highest BCUT2D eigenvalue weighted by molar-refractivity contribution is 9.10. The summed E-state index contributed by atoms with van der Waals surface area (Å²) in [5.41, 5.74) is 0. The molecular formula is C14H20BrNO4. The Morgan fingerprint density at radius 3 is 3.00 bits per heavy atom. The molecule has 112 valence electrons. The van der Waals surface area contributed by atoms with E-state index in [1.807, 2.05) is 24.3 Å². The van der Waals surface area contributed by atoms with Crippen LogP contribution in [0.4, 0.5) is 0 Å². The molecule has 0 aromatic heterocycles. The molecule has 0 spiro atoms. The van der Waals surface area contributed by atoms with Crippen molar-refractivity contribution in [3.8, 4) is 5.75 Å². The van der Waals surface area contributed by atoms with Crippen LogP contribution in [0.15, 0.2) is 28.7 Å². The van der Waals surface area contributed by atoms with Gasteiger partial charge in [0.15, 0.2) is 0 Å². The van der Waals surface area contributed by atoms with E-state index in [1.54, 1.807) is 0 Å². The Bertz CT molecular complexity index is 414. The molecule has 0 aliphatic heterocycles. The molecule has 1 amide bonds. The average molecular weight is 346 g/mol. The number of aliphatic hydroxyl groups is 1. The van der Waals surface area contributed by atoms with Crippen LogP contribution in [0.2, 0.25) is 0 Å². The first-order valence-corrected chi connectivity index (χ1v) is 7.23. The molecule has 1 aromatic rings. The van der Waals surface area contributed by atoms with E-state index in [2.05, 4.69) is 21.2 Å². The van der Waals surface area contributed by atoms with Gasteiger partial charge in [-0.1, -0.05) is 22.0 Å². The molecule has 1 rings (SSSR count). The molecule has 1 atom stereocenters. The second-order valence-corrected chi connectivity index (χ2v) is 5.22. The summed E-state index contributed by atoms with van der Waals surface area (Å²) in [6, 6.07) is 7.46. The Morgan fingerprint density at radius 1 is 1.50 bits per heavy atom. The SMILES string of the molecule is COCC(O)CCNC(=O)CCOc1cccc(Br)c1. The molecule has 0 fully saturated rings. The summed E-state index contributed by atoms with van der Waals surface area (Å²) in [4.78, 5) is 11.5. The van der Waals surface area contributed by atoms with E-state index in [9.17, 15) is 9.90 Å². The number of rotatable bonds is 9. The van der Waals surface area contributed by atoms with E-state index >= 15 is 0 Å². The molecule has 0 aliphatic carbocycles. The van der Waals surface area contributed by atoms with E-state index in [-0.39, 0.29) is 18.9 Å². The van der Waals surface area contributed by atoms with Crippen molar-refractivity contribution in [2.75, 3.05) is 26.9 Å². The molecule has 2 N–H and O–H groups in total. The van der Waals surface area contributed by atoms with Crippen molar-refractivity contribution in [3.05, 3.63) is 28.7 Å². The molecule has 5 nitrogen and oxygen atoms in total. The fraction of sp³-hybridized carbons (Fsp3) is 0.500. The molecule has 0 heterocycles. The standard InChI is InChI=1S/C14H20BrNO4/c1-19-10-12(17)5-7-16-14(18)6-8-20-13-4-2-3-11(15)9-13/h2-4,9,12,17H,5-8,10H2,1H3,(H,16,18). The number of hydrogen-bond donors (Lipinski definition) is 2. The van der Waals surface area contributed by atoms with Gasteiger partial charge in [0.2, 0.25) is 5.91 Å². The van der Waals surface area contributed by atoms with Crippen molar-refractivity contribution < 1.29 is 19.4 Å². The molecular weight excluding hydrogens is 326 g/mol. The summed E-state index contributed by atoms with van der Waals surface area (Å²) >= 11 is 3.35. The lowest BCUT2D eigenvalue weighted by molar-refractivity contribution is -0.121. The summed E-state index contributed by atoms with van der Waals surface area (Å²) in [5.74, 6) is 0.632. The smallest absolute Gasteiger partial charge is 0.223 e. The van der Waals surface area contributed by atoms with E-state index in [1.165, 1.54) is 7.11 Å². The predicted molar refractivity (Wildman–Crippen MR) is 79.8 cm³/mol. The van der Waals surface area contributed by atoms with Gasteiger partial charge < -0.3 is 19.9 Å². The summed E-state index contributed by atoms with van der Waals surface area (Å²) in [5, 5.41) is 12.1.